The first kappa shape index (κ1) is 12.4. The Bertz CT molecular complexity index is 483. The van der Waals surface area contributed by atoms with Gasteiger partial charge in [-0.1, -0.05) is 0 Å². The molecule has 0 saturated carbocycles. The second kappa shape index (κ2) is 4.67. The molecule has 2 rings (SSSR count). The molecule has 1 amide bonds. The van der Waals surface area contributed by atoms with Crippen LogP contribution in [-0.2, 0) is 9.53 Å². The average molecular weight is 252 g/mol. The van der Waals surface area contributed by atoms with Crippen molar-refractivity contribution in [2.24, 2.45) is 11.7 Å². The van der Waals surface area contributed by atoms with E-state index in [2.05, 4.69) is 10.4 Å². The fourth-order valence-electron chi connectivity index (χ4n) is 2.04. The van der Waals surface area contributed by atoms with Crippen LogP contribution in [0.1, 0.15) is 30.4 Å². The van der Waals surface area contributed by atoms with E-state index in [4.69, 9.17) is 10.5 Å². The fraction of sp³-hybridized carbons (Fsp3) is 0.545. The molecular weight excluding hydrogens is 236 g/mol. The second-order valence-electron chi connectivity index (χ2n) is 4.20. The van der Waals surface area contributed by atoms with Crippen molar-refractivity contribution in [2.45, 2.75) is 19.9 Å². The van der Waals surface area contributed by atoms with Gasteiger partial charge in [0.2, 0.25) is 0 Å². The van der Waals surface area contributed by atoms with E-state index < -0.39 is 5.91 Å². The molecule has 7 nitrogen and oxygen atoms in total. The summed E-state index contributed by atoms with van der Waals surface area (Å²) < 4.78 is 6.61. The lowest BCUT2D eigenvalue weighted by molar-refractivity contribution is -0.149. The lowest BCUT2D eigenvalue weighted by atomic mass is 10.00. The minimum Gasteiger partial charge on any atom is -0.466 e. The fourth-order valence-corrected chi connectivity index (χ4v) is 2.04. The Morgan fingerprint density at radius 1 is 1.67 bits per heavy atom. The van der Waals surface area contributed by atoms with Crippen molar-refractivity contribution in [3.63, 3.8) is 0 Å². The molecule has 2 atom stereocenters. The van der Waals surface area contributed by atoms with Crippen LogP contribution in [-0.4, -0.2) is 34.8 Å². The molecule has 3 N–H and O–H groups in total. The number of anilines is 1. The van der Waals surface area contributed by atoms with Crippen LogP contribution in [0, 0.1) is 5.92 Å². The minimum atomic E-state index is -0.585. The Kier molecular flexibility index (Phi) is 3.22. The highest BCUT2D eigenvalue weighted by Gasteiger charge is 2.33. The number of primary amides is 1. The summed E-state index contributed by atoms with van der Waals surface area (Å²) in [7, 11) is 0. The topological polar surface area (TPSA) is 99.2 Å². The molecule has 0 aliphatic carbocycles. The molecule has 1 aliphatic heterocycles. The number of amides is 1. The largest absolute Gasteiger partial charge is 0.466 e. The van der Waals surface area contributed by atoms with Gasteiger partial charge in [-0.15, -0.1) is 0 Å². The molecule has 0 fully saturated rings. The molecule has 18 heavy (non-hydrogen) atoms. The zero-order valence-corrected chi connectivity index (χ0v) is 10.3. The van der Waals surface area contributed by atoms with Gasteiger partial charge in [0, 0.05) is 12.6 Å². The molecule has 2 heterocycles. The molecular formula is C11H16N4O3. The van der Waals surface area contributed by atoms with Crippen molar-refractivity contribution < 1.29 is 14.3 Å². The molecule has 0 bridgehead atoms. The first-order valence-electron chi connectivity index (χ1n) is 5.84. The lowest BCUT2D eigenvalue weighted by Gasteiger charge is -2.29. The summed E-state index contributed by atoms with van der Waals surface area (Å²) in [6, 6.07) is 1.41. The van der Waals surface area contributed by atoms with E-state index >= 15 is 0 Å². The van der Waals surface area contributed by atoms with E-state index in [1.54, 1.807) is 17.7 Å². The Morgan fingerprint density at radius 2 is 2.39 bits per heavy atom. The monoisotopic (exact) mass is 252 g/mol. The third-order valence-corrected chi connectivity index (χ3v) is 3.05. The highest BCUT2D eigenvalue weighted by molar-refractivity contribution is 5.91. The molecule has 1 aliphatic rings. The smallest absolute Gasteiger partial charge is 0.312 e. The Labute approximate surface area is 104 Å². The summed E-state index contributed by atoms with van der Waals surface area (Å²) in [5.74, 6) is -0.479. The maximum absolute atomic E-state index is 11.8. The van der Waals surface area contributed by atoms with Crippen molar-refractivity contribution in [3.05, 3.63) is 11.8 Å². The average Bonchev–Trinajstić information content (AvgIpc) is 2.74. The number of esters is 1. The summed E-state index contributed by atoms with van der Waals surface area (Å²) in [5.41, 5.74) is 5.37. The normalized spacial score (nSPS) is 21.9. The number of nitrogens with zero attached hydrogens (tertiary/aromatic N) is 2. The standard InChI is InChI=1S/C11H16N4O3/c1-3-18-11(17)7-5-13-9-4-8(10(12)16)14-15(9)6(7)2/h4,6-7,13H,3,5H2,1-2H3,(H2,12,16). The number of ether oxygens (including phenoxy) is 1. The molecule has 2 unspecified atom stereocenters. The highest BCUT2D eigenvalue weighted by atomic mass is 16.5. The summed E-state index contributed by atoms with van der Waals surface area (Å²) in [6.07, 6.45) is 0. The molecule has 0 radical (unpaired) electrons. The maximum Gasteiger partial charge on any atom is 0.312 e. The van der Waals surface area contributed by atoms with Gasteiger partial charge < -0.3 is 15.8 Å². The van der Waals surface area contributed by atoms with Crippen LogP contribution in [0.3, 0.4) is 0 Å². The maximum atomic E-state index is 11.8. The number of aromatic nitrogens is 2. The molecule has 1 aromatic rings. The Morgan fingerprint density at radius 3 is 3.00 bits per heavy atom. The van der Waals surface area contributed by atoms with E-state index in [0.717, 1.165) is 0 Å². The number of nitrogens with one attached hydrogen (secondary N) is 1. The van der Waals surface area contributed by atoms with E-state index in [1.165, 1.54) is 0 Å². The number of carbonyl (C=O) groups excluding carboxylic acids is 2. The summed E-state index contributed by atoms with van der Waals surface area (Å²) in [5, 5.41) is 7.15. The van der Waals surface area contributed by atoms with Crippen LogP contribution in [0.25, 0.3) is 0 Å². The second-order valence-corrected chi connectivity index (χ2v) is 4.20. The number of nitrogens with two attached hydrogens (primary N) is 1. The molecule has 0 aromatic carbocycles. The number of rotatable bonds is 3. The summed E-state index contributed by atoms with van der Waals surface area (Å²) in [6.45, 7) is 4.44. The van der Waals surface area contributed by atoms with E-state index in [1.807, 2.05) is 6.92 Å². The quantitative estimate of drug-likeness (QED) is 0.746. The van der Waals surface area contributed by atoms with Crippen LogP contribution in [0.15, 0.2) is 6.07 Å². The van der Waals surface area contributed by atoms with Crippen LogP contribution in [0.4, 0.5) is 5.82 Å². The van der Waals surface area contributed by atoms with Gasteiger partial charge in [0.15, 0.2) is 5.69 Å². The van der Waals surface area contributed by atoms with Gasteiger partial charge in [0.05, 0.1) is 18.6 Å². The number of hydrogen-bond acceptors (Lipinski definition) is 5. The van der Waals surface area contributed by atoms with Crippen molar-refractivity contribution in [1.29, 1.82) is 0 Å². The van der Waals surface area contributed by atoms with Crippen molar-refractivity contribution in [1.82, 2.24) is 9.78 Å². The number of fused-ring (bicyclic) bond motifs is 1. The number of carbonyl (C=O) groups is 2. The van der Waals surface area contributed by atoms with E-state index in [9.17, 15) is 9.59 Å². The van der Waals surface area contributed by atoms with E-state index in [0.29, 0.717) is 19.0 Å². The third kappa shape index (κ3) is 2.03. The Hall–Kier alpha value is -2.05. The molecule has 98 valence electrons. The van der Waals surface area contributed by atoms with Gasteiger partial charge in [-0.05, 0) is 13.8 Å². The summed E-state index contributed by atoms with van der Waals surface area (Å²) in [4.78, 5) is 22.8. The molecule has 0 saturated heterocycles. The van der Waals surface area contributed by atoms with Gasteiger partial charge >= 0.3 is 5.97 Å². The van der Waals surface area contributed by atoms with Gasteiger partial charge in [-0.2, -0.15) is 5.10 Å². The van der Waals surface area contributed by atoms with Gasteiger partial charge in [0.25, 0.3) is 5.91 Å². The minimum absolute atomic E-state index is 0.173. The van der Waals surface area contributed by atoms with Crippen molar-refractivity contribution in [3.8, 4) is 0 Å². The van der Waals surface area contributed by atoms with Crippen molar-refractivity contribution >= 4 is 17.7 Å². The predicted octanol–water partition coefficient (Wildman–Crippen LogP) is 0.148. The molecule has 7 heteroatoms. The van der Waals surface area contributed by atoms with Crippen LogP contribution in [0.2, 0.25) is 0 Å². The van der Waals surface area contributed by atoms with Gasteiger partial charge in [-0.3, -0.25) is 9.59 Å². The number of hydrogen-bond donors (Lipinski definition) is 2. The zero-order chi connectivity index (χ0) is 13.3. The van der Waals surface area contributed by atoms with Crippen LogP contribution in [0.5, 0.6) is 0 Å². The van der Waals surface area contributed by atoms with Crippen LogP contribution < -0.4 is 11.1 Å². The predicted molar refractivity (Wildman–Crippen MR) is 64.1 cm³/mol. The van der Waals surface area contributed by atoms with E-state index in [-0.39, 0.29) is 23.6 Å². The lowest BCUT2D eigenvalue weighted by Crippen LogP contribution is -2.37. The van der Waals surface area contributed by atoms with Crippen molar-refractivity contribution in [2.75, 3.05) is 18.5 Å². The molecule has 1 aromatic heterocycles. The SMILES string of the molecule is CCOC(=O)C1CNc2cc(C(N)=O)nn2C1C. The van der Waals surface area contributed by atoms with Gasteiger partial charge in [0.1, 0.15) is 5.82 Å². The zero-order valence-electron chi connectivity index (χ0n) is 10.3. The highest BCUT2D eigenvalue weighted by Crippen LogP contribution is 2.28. The summed E-state index contributed by atoms with van der Waals surface area (Å²) >= 11 is 0. The Balaban J connectivity index is 2.24. The third-order valence-electron chi connectivity index (χ3n) is 3.05. The van der Waals surface area contributed by atoms with Gasteiger partial charge in [-0.25, -0.2) is 4.68 Å². The first-order chi connectivity index (χ1) is 8.54. The van der Waals surface area contributed by atoms with Crippen LogP contribution >= 0.6 is 0 Å². The first-order valence-corrected chi connectivity index (χ1v) is 5.84. The molecule has 0 spiro atoms.